The van der Waals surface area contributed by atoms with Gasteiger partial charge in [0, 0.05) is 12.8 Å². The molecule has 0 aliphatic carbocycles. The number of carboxylic acid groups (broad SMARTS) is 2. The lowest BCUT2D eigenvalue weighted by Gasteiger charge is -2.20. The summed E-state index contributed by atoms with van der Waals surface area (Å²) in [5, 5.41) is 36.0. The highest BCUT2D eigenvalue weighted by atomic mass is 16.9. The molecule has 410 valence electrons. The summed E-state index contributed by atoms with van der Waals surface area (Å²) >= 11 is 0. The average molecular weight is 973 g/mol. The van der Waals surface area contributed by atoms with Gasteiger partial charge < -0.3 is 20.4 Å². The van der Waals surface area contributed by atoms with Crippen molar-refractivity contribution in [3.8, 4) is 0 Å². The van der Waals surface area contributed by atoms with Crippen LogP contribution in [0.2, 0.25) is 0 Å². The van der Waals surface area contributed by atoms with E-state index in [2.05, 4.69) is 20.8 Å². The van der Waals surface area contributed by atoms with Crippen LogP contribution in [0.1, 0.15) is 335 Å². The van der Waals surface area contributed by atoms with E-state index in [-0.39, 0.29) is 26.4 Å². The van der Waals surface area contributed by atoms with E-state index in [0.717, 1.165) is 32.1 Å². The highest BCUT2D eigenvalue weighted by molar-refractivity contribution is 5.66. The van der Waals surface area contributed by atoms with Gasteiger partial charge >= 0.3 is 11.9 Å². The fourth-order valence-electron chi connectivity index (χ4n) is 8.71. The van der Waals surface area contributed by atoms with Gasteiger partial charge in [-0.3, -0.25) is 19.3 Å². The van der Waals surface area contributed by atoms with Crippen LogP contribution in [0.3, 0.4) is 0 Å². The predicted octanol–water partition coefficient (Wildman–Crippen LogP) is 18.5. The summed E-state index contributed by atoms with van der Waals surface area (Å²) in [6, 6.07) is 0. The molecule has 0 atom stereocenters. The van der Waals surface area contributed by atoms with E-state index < -0.39 is 11.9 Å². The molecule has 0 radical (unpaired) electrons. The SMILES string of the molecule is CCCCCCCCCCCC(=O)O.CCCCCCCCCCCCCCCCCCCCCCCCCC(=O)O.CCCCCCCCCCCCCCCCCN(OCCO)OCCO. The van der Waals surface area contributed by atoms with Crippen LogP contribution < -0.4 is 0 Å². The Morgan fingerprint density at radius 2 is 0.471 bits per heavy atom. The highest BCUT2D eigenvalue weighted by Gasteiger charge is 2.06. The number of hydrogen-bond acceptors (Lipinski definition) is 7. The maximum absolute atomic E-state index is 10.4. The Balaban J connectivity index is -0.000000982. The van der Waals surface area contributed by atoms with Crippen molar-refractivity contribution in [1.29, 1.82) is 0 Å². The monoisotopic (exact) mass is 972 g/mol. The third kappa shape index (κ3) is 73.7. The Morgan fingerprint density at radius 3 is 0.647 bits per heavy atom. The van der Waals surface area contributed by atoms with Crippen LogP contribution in [0.25, 0.3) is 0 Å². The second kappa shape index (κ2) is 67.8. The van der Waals surface area contributed by atoms with Crippen molar-refractivity contribution >= 4 is 11.9 Å². The first-order chi connectivity index (χ1) is 33.4. The molecular weight excluding hydrogens is 851 g/mol. The molecule has 0 unspecified atom stereocenters. The number of nitrogens with zero attached hydrogens (tertiary/aromatic N) is 1. The van der Waals surface area contributed by atoms with Crippen LogP contribution in [-0.2, 0) is 19.3 Å². The molecule has 0 heterocycles. The quantitative estimate of drug-likeness (QED) is 0.0347. The van der Waals surface area contributed by atoms with Crippen molar-refractivity contribution in [2.45, 2.75) is 335 Å². The number of aliphatic hydroxyl groups is 2. The summed E-state index contributed by atoms with van der Waals surface area (Å²) in [7, 11) is 0. The van der Waals surface area contributed by atoms with Crippen molar-refractivity contribution in [3.63, 3.8) is 0 Å². The fourth-order valence-corrected chi connectivity index (χ4v) is 8.71. The summed E-state index contributed by atoms with van der Waals surface area (Å²) in [6.45, 7) is 7.86. The molecule has 9 heteroatoms. The molecule has 0 saturated heterocycles. The summed E-state index contributed by atoms with van der Waals surface area (Å²) < 4.78 is 0. The van der Waals surface area contributed by atoms with Crippen molar-refractivity contribution < 1.29 is 39.7 Å². The lowest BCUT2D eigenvalue weighted by atomic mass is 10.0. The topological polar surface area (TPSA) is 137 Å². The van der Waals surface area contributed by atoms with Crippen LogP contribution in [0.5, 0.6) is 0 Å². The van der Waals surface area contributed by atoms with Crippen molar-refractivity contribution in [2.24, 2.45) is 0 Å². The zero-order valence-electron chi connectivity index (χ0n) is 46.1. The second-order valence-electron chi connectivity index (χ2n) is 20.0. The van der Waals surface area contributed by atoms with Gasteiger partial charge in [0.1, 0.15) is 0 Å². The van der Waals surface area contributed by atoms with Gasteiger partial charge in [-0.05, 0) is 19.3 Å². The molecule has 0 rings (SSSR count). The largest absolute Gasteiger partial charge is 0.481 e. The van der Waals surface area contributed by atoms with E-state index in [1.807, 2.05) is 0 Å². The number of carbonyl (C=O) groups is 2. The molecule has 0 aliphatic heterocycles. The number of hydrogen-bond donors (Lipinski definition) is 4. The van der Waals surface area contributed by atoms with E-state index in [9.17, 15) is 9.59 Å². The van der Waals surface area contributed by atoms with Gasteiger partial charge in [0.05, 0.1) is 33.0 Å². The molecule has 68 heavy (non-hydrogen) atoms. The smallest absolute Gasteiger partial charge is 0.303 e. The van der Waals surface area contributed by atoms with Gasteiger partial charge in [0.2, 0.25) is 0 Å². The standard InChI is InChI=1S/C26H52O2.C21H45NO4.C12H24O2/c1-2-3-4-5-6-7-8-9-10-11-12-13-14-15-16-17-18-19-20-21-22-23-24-25-26(27)28;1-2-3-4-5-6-7-8-9-10-11-12-13-14-15-16-17-22(25-20-18-23)26-21-19-24;1-2-3-4-5-6-7-8-9-10-11-12(13)14/h2-25H2,1H3,(H,27,28);23-24H,2-21H2,1H3;2-11H2,1H3,(H,13,14). The second-order valence-corrected chi connectivity index (χ2v) is 20.0. The van der Waals surface area contributed by atoms with Crippen molar-refractivity contribution in [2.75, 3.05) is 33.0 Å². The number of hydroxylamine groups is 2. The summed E-state index contributed by atoms with van der Waals surface area (Å²) in [5.41, 5.74) is 0. The minimum atomic E-state index is -0.659. The van der Waals surface area contributed by atoms with Gasteiger partial charge in [0.15, 0.2) is 0 Å². The Labute approximate surface area is 423 Å². The zero-order chi connectivity index (χ0) is 50.3. The van der Waals surface area contributed by atoms with E-state index in [1.54, 1.807) is 0 Å². The normalized spacial score (nSPS) is 11.1. The Kier molecular flexibility index (Phi) is 70.8. The predicted molar refractivity (Wildman–Crippen MR) is 291 cm³/mol. The van der Waals surface area contributed by atoms with Crippen LogP contribution in [0, 0.1) is 0 Å². The third-order valence-electron chi connectivity index (χ3n) is 13.1. The highest BCUT2D eigenvalue weighted by Crippen LogP contribution is 2.17. The number of aliphatic carboxylic acids is 2. The maximum Gasteiger partial charge on any atom is 0.303 e. The lowest BCUT2D eigenvalue weighted by Crippen LogP contribution is -2.28. The average Bonchev–Trinajstić information content (AvgIpc) is 3.33. The minimum absolute atomic E-state index is 0.0299. The van der Waals surface area contributed by atoms with E-state index in [0.29, 0.717) is 19.4 Å². The Bertz CT molecular complexity index is 900. The molecule has 0 aliphatic rings. The third-order valence-corrected chi connectivity index (χ3v) is 13.1. The molecule has 9 nitrogen and oxygen atoms in total. The minimum Gasteiger partial charge on any atom is -0.481 e. The zero-order valence-corrected chi connectivity index (χ0v) is 46.1. The number of carboxylic acids is 2. The van der Waals surface area contributed by atoms with Crippen molar-refractivity contribution in [3.05, 3.63) is 0 Å². The molecule has 0 spiro atoms. The molecular formula is C59H121NO8. The first kappa shape index (κ1) is 71.0. The van der Waals surface area contributed by atoms with Crippen molar-refractivity contribution in [1.82, 2.24) is 5.23 Å². The van der Waals surface area contributed by atoms with Crippen LogP contribution in [0.4, 0.5) is 0 Å². The fraction of sp³-hybridized carbons (Fsp3) is 0.966. The molecule has 0 fully saturated rings. The molecule has 0 aromatic rings. The van der Waals surface area contributed by atoms with Gasteiger partial charge in [-0.1, -0.05) is 309 Å². The van der Waals surface area contributed by atoms with Gasteiger partial charge in [-0.2, -0.15) is 0 Å². The number of aliphatic hydroxyl groups excluding tert-OH is 2. The first-order valence-electron chi connectivity index (χ1n) is 30.1. The Hall–Kier alpha value is -1.26. The molecule has 0 aromatic heterocycles. The van der Waals surface area contributed by atoms with Crippen LogP contribution in [0.15, 0.2) is 0 Å². The first-order valence-corrected chi connectivity index (χ1v) is 30.1. The van der Waals surface area contributed by atoms with Crippen LogP contribution in [-0.4, -0.2) is 70.6 Å². The van der Waals surface area contributed by atoms with Gasteiger partial charge in [0.25, 0.3) is 0 Å². The molecule has 4 N–H and O–H groups in total. The maximum atomic E-state index is 10.4. The van der Waals surface area contributed by atoms with Gasteiger partial charge in [-0.25, -0.2) is 0 Å². The van der Waals surface area contributed by atoms with E-state index in [4.69, 9.17) is 30.1 Å². The summed E-state index contributed by atoms with van der Waals surface area (Å²) in [6.07, 6.45) is 63.7. The molecule has 0 amide bonds. The number of unbranched alkanes of at least 4 members (excludes halogenated alkanes) is 44. The molecule has 0 saturated carbocycles. The summed E-state index contributed by atoms with van der Waals surface area (Å²) in [4.78, 5) is 31.1. The van der Waals surface area contributed by atoms with Crippen LogP contribution >= 0.6 is 0 Å². The summed E-state index contributed by atoms with van der Waals surface area (Å²) in [5.74, 6) is -1.31. The lowest BCUT2D eigenvalue weighted by molar-refractivity contribution is -0.371. The molecule has 0 bridgehead atoms. The molecule has 0 aromatic carbocycles. The number of rotatable bonds is 56. The Morgan fingerprint density at radius 1 is 0.294 bits per heavy atom. The van der Waals surface area contributed by atoms with E-state index in [1.165, 1.54) is 275 Å². The van der Waals surface area contributed by atoms with E-state index >= 15 is 0 Å². The van der Waals surface area contributed by atoms with Gasteiger partial charge in [-0.15, -0.1) is 0 Å².